The molecule has 0 saturated heterocycles. The molecule has 1 atom stereocenters. The first-order chi connectivity index (χ1) is 15.8. The topological polar surface area (TPSA) is 62.3 Å². The molecule has 0 bridgehead atoms. The molecule has 0 spiro atoms. The van der Waals surface area contributed by atoms with E-state index in [0.29, 0.717) is 23.6 Å². The summed E-state index contributed by atoms with van der Waals surface area (Å²) >= 11 is 0. The van der Waals surface area contributed by atoms with E-state index >= 15 is 0 Å². The van der Waals surface area contributed by atoms with Gasteiger partial charge in [0, 0.05) is 31.4 Å². The maximum absolute atomic E-state index is 12.8. The van der Waals surface area contributed by atoms with Gasteiger partial charge < -0.3 is 5.32 Å². The second-order valence-electron chi connectivity index (χ2n) is 9.28. The minimum Gasteiger partial charge on any atom is -0.348 e. The maximum Gasteiger partial charge on any atom is 0.253 e. The van der Waals surface area contributed by atoms with E-state index in [4.69, 9.17) is 4.98 Å². The second-order valence-corrected chi connectivity index (χ2v) is 9.28. The lowest BCUT2D eigenvalue weighted by Gasteiger charge is -2.27. The van der Waals surface area contributed by atoms with Crippen molar-refractivity contribution in [1.82, 2.24) is 15.2 Å². The Kier molecular flexibility index (Phi) is 6.70. The molecule has 2 heterocycles. The Morgan fingerprint density at radius 2 is 1.70 bits per heavy atom. The van der Waals surface area contributed by atoms with Crippen molar-refractivity contribution < 1.29 is 9.59 Å². The molecule has 33 heavy (non-hydrogen) atoms. The van der Waals surface area contributed by atoms with Gasteiger partial charge in [0.2, 0.25) is 0 Å². The van der Waals surface area contributed by atoms with Gasteiger partial charge in [-0.2, -0.15) is 0 Å². The molecule has 0 aliphatic carbocycles. The minimum absolute atomic E-state index is 0.0333. The predicted molar refractivity (Wildman–Crippen MR) is 130 cm³/mol. The number of hydrogen-bond acceptors (Lipinski definition) is 4. The van der Waals surface area contributed by atoms with Gasteiger partial charge in [-0.1, -0.05) is 67.9 Å². The lowest BCUT2D eigenvalue weighted by Crippen LogP contribution is -2.25. The third-order valence-electron chi connectivity index (χ3n) is 6.26. The molecule has 0 radical (unpaired) electrons. The van der Waals surface area contributed by atoms with Crippen LogP contribution < -0.4 is 5.32 Å². The fraction of sp³-hybridized carbons (Fsp3) is 0.321. The van der Waals surface area contributed by atoms with Gasteiger partial charge in [0.25, 0.3) is 5.91 Å². The van der Waals surface area contributed by atoms with Crippen LogP contribution in [-0.2, 0) is 19.6 Å². The van der Waals surface area contributed by atoms with Gasteiger partial charge in [0.1, 0.15) is 0 Å². The largest absolute Gasteiger partial charge is 0.348 e. The third-order valence-corrected chi connectivity index (χ3v) is 6.26. The van der Waals surface area contributed by atoms with Crippen LogP contribution in [0.3, 0.4) is 0 Å². The molecule has 5 heteroatoms. The number of pyridine rings is 1. The van der Waals surface area contributed by atoms with E-state index in [1.165, 1.54) is 11.1 Å². The highest BCUT2D eigenvalue weighted by Crippen LogP contribution is 2.38. The minimum atomic E-state index is -0.140. The first-order valence-corrected chi connectivity index (χ1v) is 11.5. The van der Waals surface area contributed by atoms with E-state index < -0.39 is 0 Å². The molecule has 1 aromatic heterocycles. The van der Waals surface area contributed by atoms with Crippen LogP contribution in [0, 0.1) is 12.8 Å². The van der Waals surface area contributed by atoms with Crippen LogP contribution in [0.25, 0.3) is 0 Å². The van der Waals surface area contributed by atoms with Gasteiger partial charge in [0.15, 0.2) is 5.78 Å². The molecule has 3 aromatic rings. The zero-order valence-corrected chi connectivity index (χ0v) is 19.8. The summed E-state index contributed by atoms with van der Waals surface area (Å²) < 4.78 is 0. The lowest BCUT2D eigenvalue weighted by atomic mass is 9.99. The SMILES string of the molecule is CC(=O)c1ccc(CNC(=O)c2cnc3c(c2)CN(Cc2ccc(C)cc2)[C@H]3C(C)C)cc1. The number of fused-ring (bicyclic) bond motifs is 1. The van der Waals surface area contributed by atoms with Gasteiger partial charge in [-0.3, -0.25) is 19.5 Å². The number of hydrogen-bond donors (Lipinski definition) is 1. The van der Waals surface area contributed by atoms with Gasteiger partial charge in [-0.05, 0) is 42.5 Å². The van der Waals surface area contributed by atoms with Crippen molar-refractivity contribution in [2.75, 3.05) is 0 Å². The van der Waals surface area contributed by atoms with Crippen molar-refractivity contribution in [2.45, 2.75) is 53.4 Å². The summed E-state index contributed by atoms with van der Waals surface area (Å²) in [6, 6.07) is 18.2. The summed E-state index contributed by atoms with van der Waals surface area (Å²) in [5.41, 5.74) is 6.94. The molecule has 170 valence electrons. The molecular weight excluding hydrogens is 410 g/mol. The average Bonchev–Trinajstić information content (AvgIpc) is 3.16. The lowest BCUT2D eigenvalue weighted by molar-refractivity contribution is 0.0949. The molecule has 0 unspecified atom stereocenters. The Hall–Kier alpha value is -3.31. The van der Waals surface area contributed by atoms with Crippen LogP contribution in [0.1, 0.15) is 75.5 Å². The van der Waals surface area contributed by atoms with E-state index in [2.05, 4.69) is 55.3 Å². The first-order valence-electron chi connectivity index (χ1n) is 11.5. The molecule has 5 nitrogen and oxygen atoms in total. The van der Waals surface area contributed by atoms with Crippen LogP contribution >= 0.6 is 0 Å². The van der Waals surface area contributed by atoms with Crippen LogP contribution in [0.15, 0.2) is 60.8 Å². The number of rotatable bonds is 7. The Bertz CT molecular complexity index is 1150. The highest BCUT2D eigenvalue weighted by Gasteiger charge is 2.34. The average molecular weight is 442 g/mol. The highest BCUT2D eigenvalue weighted by molar-refractivity contribution is 5.94. The van der Waals surface area contributed by atoms with E-state index in [1.807, 2.05) is 18.2 Å². The van der Waals surface area contributed by atoms with E-state index in [-0.39, 0.29) is 17.7 Å². The van der Waals surface area contributed by atoms with Crippen LogP contribution in [0.5, 0.6) is 0 Å². The zero-order valence-electron chi connectivity index (χ0n) is 19.8. The Morgan fingerprint density at radius 1 is 1.03 bits per heavy atom. The Balaban J connectivity index is 1.46. The van der Waals surface area contributed by atoms with Crippen molar-refractivity contribution in [2.24, 2.45) is 5.92 Å². The molecular formula is C28H31N3O2. The monoisotopic (exact) mass is 441 g/mol. The number of aromatic nitrogens is 1. The Labute approximate surface area is 195 Å². The first kappa shape index (κ1) is 22.9. The van der Waals surface area contributed by atoms with Crippen molar-refractivity contribution in [3.63, 3.8) is 0 Å². The van der Waals surface area contributed by atoms with E-state index in [1.54, 1.807) is 25.3 Å². The summed E-state index contributed by atoms with van der Waals surface area (Å²) in [5.74, 6) is 0.312. The summed E-state index contributed by atoms with van der Waals surface area (Å²) in [7, 11) is 0. The standard InChI is InChI=1S/C28H31N3O2/c1-18(2)27-26-25(17-31(27)16-22-7-5-19(3)6-8-22)13-24(15-29-26)28(33)30-14-21-9-11-23(12-10-21)20(4)32/h5-13,15,18,27H,14,16-17H2,1-4H3,(H,30,33)/t27-/m0/s1. The molecule has 1 N–H and O–H groups in total. The number of nitrogens with one attached hydrogen (secondary N) is 1. The van der Waals surface area contributed by atoms with Crippen molar-refractivity contribution in [3.05, 3.63) is 99.9 Å². The number of Topliss-reactive ketones (excluding diaryl/α,β-unsaturated/α-hetero) is 1. The van der Waals surface area contributed by atoms with Crippen LogP contribution in [0.2, 0.25) is 0 Å². The number of nitrogens with zero attached hydrogens (tertiary/aromatic N) is 2. The molecule has 1 amide bonds. The quantitative estimate of drug-likeness (QED) is 0.510. The number of carbonyl (C=O) groups excluding carboxylic acids is 2. The van der Waals surface area contributed by atoms with Crippen LogP contribution in [0.4, 0.5) is 0 Å². The molecule has 1 aliphatic rings. The molecule has 0 saturated carbocycles. The fourth-order valence-electron chi connectivity index (χ4n) is 4.49. The number of ketones is 1. The van der Waals surface area contributed by atoms with Gasteiger partial charge in [-0.15, -0.1) is 0 Å². The summed E-state index contributed by atoms with van der Waals surface area (Å²) in [4.78, 5) is 31.4. The van der Waals surface area contributed by atoms with Gasteiger partial charge in [-0.25, -0.2) is 0 Å². The van der Waals surface area contributed by atoms with Crippen molar-refractivity contribution in [1.29, 1.82) is 0 Å². The van der Waals surface area contributed by atoms with Crippen molar-refractivity contribution >= 4 is 11.7 Å². The third kappa shape index (κ3) is 5.20. The Morgan fingerprint density at radius 3 is 2.33 bits per heavy atom. The zero-order chi connectivity index (χ0) is 23.5. The van der Waals surface area contributed by atoms with E-state index in [9.17, 15) is 9.59 Å². The number of benzene rings is 2. The predicted octanol–water partition coefficient (Wildman–Crippen LogP) is 5.24. The number of aryl methyl sites for hydroxylation is 1. The molecule has 4 rings (SSSR count). The summed E-state index contributed by atoms with van der Waals surface area (Å²) in [5, 5.41) is 2.97. The normalized spacial score (nSPS) is 15.5. The maximum atomic E-state index is 12.8. The number of carbonyl (C=O) groups is 2. The number of amides is 1. The summed E-state index contributed by atoms with van der Waals surface area (Å²) in [6.07, 6.45) is 1.69. The molecule has 2 aromatic carbocycles. The fourth-order valence-corrected chi connectivity index (χ4v) is 4.49. The molecule has 1 aliphatic heterocycles. The van der Waals surface area contributed by atoms with E-state index in [0.717, 1.165) is 29.9 Å². The van der Waals surface area contributed by atoms with Crippen LogP contribution in [-0.4, -0.2) is 21.6 Å². The van der Waals surface area contributed by atoms with Gasteiger partial charge >= 0.3 is 0 Å². The molecule has 0 fully saturated rings. The summed E-state index contributed by atoms with van der Waals surface area (Å²) in [6.45, 7) is 10.1. The smallest absolute Gasteiger partial charge is 0.253 e. The van der Waals surface area contributed by atoms with Crippen molar-refractivity contribution in [3.8, 4) is 0 Å². The van der Waals surface area contributed by atoms with Gasteiger partial charge in [0.05, 0.1) is 17.3 Å². The second kappa shape index (κ2) is 9.67. The highest BCUT2D eigenvalue weighted by atomic mass is 16.1.